The first kappa shape index (κ1) is 16.5. The Labute approximate surface area is 70.0 Å². The van der Waals surface area contributed by atoms with Gasteiger partial charge in [-0.15, -0.1) is 23.4 Å². The van der Waals surface area contributed by atoms with Gasteiger partial charge in [0.15, 0.2) is 12.7 Å². The van der Waals surface area contributed by atoms with Gasteiger partial charge in [0.1, 0.15) is 0 Å². The molecule has 0 rings (SSSR count). The van der Waals surface area contributed by atoms with Crippen LogP contribution >= 0.6 is 0 Å². The average molecular weight is 172 g/mol. The van der Waals surface area contributed by atoms with Gasteiger partial charge in [0.25, 0.3) is 0 Å². The minimum atomic E-state index is 0.944. The molecule has 8 nitrogen and oxygen atoms in total. The van der Waals surface area contributed by atoms with Crippen LogP contribution in [0, 0.1) is 11.1 Å². The summed E-state index contributed by atoms with van der Waals surface area (Å²) in [6.45, 7) is 6.00. The summed E-state index contributed by atoms with van der Waals surface area (Å²) in [6.07, 6.45) is 1.89. The Balaban J connectivity index is -0.000000112. The summed E-state index contributed by atoms with van der Waals surface area (Å²) >= 11 is 0. The Bertz CT molecular complexity index is 122. The lowest BCUT2D eigenvalue weighted by atomic mass is 11.3. The van der Waals surface area contributed by atoms with Gasteiger partial charge in [-0.3, -0.25) is 0 Å². The number of nitrogens with two attached hydrogens (primary N) is 2. The SMILES string of the molecule is C=C.N=NC=NN.N=NC=NN. The van der Waals surface area contributed by atoms with Gasteiger partial charge in [0.05, 0.1) is 0 Å². The highest BCUT2D eigenvalue weighted by Crippen LogP contribution is 1.45. The van der Waals surface area contributed by atoms with E-state index >= 15 is 0 Å². The third kappa shape index (κ3) is 106. The number of hydrogen-bond donors (Lipinski definition) is 4. The van der Waals surface area contributed by atoms with Crippen molar-refractivity contribution in [3.8, 4) is 0 Å². The Morgan fingerprint density at radius 2 is 1.17 bits per heavy atom. The van der Waals surface area contributed by atoms with Gasteiger partial charge in [-0.25, -0.2) is 11.1 Å². The van der Waals surface area contributed by atoms with E-state index in [2.05, 4.69) is 45.3 Å². The first-order valence-electron chi connectivity index (χ1n) is 2.50. The molecule has 0 aromatic rings. The van der Waals surface area contributed by atoms with Crippen LogP contribution in [-0.4, -0.2) is 12.7 Å². The molecule has 0 atom stereocenters. The van der Waals surface area contributed by atoms with Gasteiger partial charge in [-0.05, 0) is 0 Å². The van der Waals surface area contributed by atoms with E-state index in [4.69, 9.17) is 11.1 Å². The van der Waals surface area contributed by atoms with Crippen LogP contribution in [0.2, 0.25) is 0 Å². The van der Waals surface area contributed by atoms with E-state index in [-0.39, 0.29) is 0 Å². The molecule has 0 unspecified atom stereocenters. The lowest BCUT2D eigenvalue weighted by Crippen LogP contribution is -1.75. The van der Waals surface area contributed by atoms with Crippen LogP contribution in [0.5, 0.6) is 0 Å². The summed E-state index contributed by atoms with van der Waals surface area (Å²) in [5, 5.41) is 11.1. The van der Waals surface area contributed by atoms with E-state index in [1.807, 2.05) is 0 Å². The van der Waals surface area contributed by atoms with E-state index in [0.29, 0.717) is 0 Å². The summed E-state index contributed by atoms with van der Waals surface area (Å²) in [6, 6.07) is 0. The lowest BCUT2D eigenvalue weighted by Gasteiger charge is -1.58. The fourth-order valence-corrected chi connectivity index (χ4v) is 0.0667. The maximum Gasteiger partial charge on any atom is 0.156 e. The molecule has 0 spiro atoms. The second-order valence-electron chi connectivity index (χ2n) is 0.787. The fraction of sp³-hybridized carbons (Fsp3) is 0. The van der Waals surface area contributed by atoms with Gasteiger partial charge >= 0.3 is 0 Å². The maximum atomic E-state index is 6.00. The van der Waals surface area contributed by atoms with Gasteiger partial charge in [0, 0.05) is 0 Å². The van der Waals surface area contributed by atoms with Crippen molar-refractivity contribution in [3.63, 3.8) is 0 Å². The van der Waals surface area contributed by atoms with E-state index in [0.717, 1.165) is 12.7 Å². The number of hydrazone groups is 2. The molecule has 0 radical (unpaired) electrons. The molecular formula is C4H12N8. The zero-order valence-corrected chi connectivity index (χ0v) is 6.51. The number of nitrogens with zero attached hydrogens (tertiary/aromatic N) is 4. The van der Waals surface area contributed by atoms with E-state index in [9.17, 15) is 0 Å². The quantitative estimate of drug-likeness (QED) is 0.121. The molecular weight excluding hydrogens is 160 g/mol. The van der Waals surface area contributed by atoms with Gasteiger partial charge in [-0.2, -0.15) is 10.2 Å². The van der Waals surface area contributed by atoms with Crippen LogP contribution in [0.1, 0.15) is 0 Å². The monoisotopic (exact) mass is 172 g/mol. The van der Waals surface area contributed by atoms with Crippen molar-refractivity contribution in [1.82, 2.24) is 0 Å². The van der Waals surface area contributed by atoms with Crippen molar-refractivity contribution in [2.24, 2.45) is 32.1 Å². The second kappa shape index (κ2) is 36.6. The highest BCUT2D eigenvalue weighted by atomic mass is 15.2. The van der Waals surface area contributed by atoms with Crippen LogP contribution in [-0.2, 0) is 0 Å². The Morgan fingerprint density at radius 1 is 0.917 bits per heavy atom. The van der Waals surface area contributed by atoms with E-state index < -0.39 is 0 Å². The molecule has 0 bridgehead atoms. The Kier molecular flexibility index (Phi) is 50.2. The van der Waals surface area contributed by atoms with E-state index in [1.165, 1.54) is 0 Å². The zero-order valence-electron chi connectivity index (χ0n) is 6.51. The van der Waals surface area contributed by atoms with Crippen molar-refractivity contribution >= 4 is 12.7 Å². The lowest BCUT2D eigenvalue weighted by molar-refractivity contribution is 1.17. The third-order valence-corrected chi connectivity index (χ3v) is 0.249. The summed E-state index contributed by atoms with van der Waals surface area (Å²) in [4.78, 5) is 0. The van der Waals surface area contributed by atoms with Crippen LogP contribution in [0.3, 0.4) is 0 Å². The Hall–Kier alpha value is -2.12. The number of hydrogen-bond acceptors (Lipinski definition) is 6. The first-order valence-corrected chi connectivity index (χ1v) is 2.50. The van der Waals surface area contributed by atoms with Gasteiger partial charge < -0.3 is 11.7 Å². The molecule has 0 aliphatic carbocycles. The molecule has 0 fully saturated rings. The van der Waals surface area contributed by atoms with Crippen molar-refractivity contribution in [1.29, 1.82) is 11.1 Å². The summed E-state index contributed by atoms with van der Waals surface area (Å²) in [5.41, 5.74) is 12.0. The summed E-state index contributed by atoms with van der Waals surface area (Å²) in [5.74, 6) is 8.99. The average Bonchev–Trinajstić information content (AvgIpc) is 2.12. The highest BCUT2D eigenvalue weighted by Gasteiger charge is 1.44. The number of nitrogens with one attached hydrogen (secondary N) is 2. The van der Waals surface area contributed by atoms with Crippen LogP contribution < -0.4 is 11.7 Å². The Morgan fingerprint density at radius 3 is 1.17 bits per heavy atom. The van der Waals surface area contributed by atoms with Crippen LogP contribution in [0.4, 0.5) is 0 Å². The smallest absolute Gasteiger partial charge is 0.156 e. The third-order valence-electron chi connectivity index (χ3n) is 0.249. The largest absolute Gasteiger partial charge is 0.322 e. The minimum Gasteiger partial charge on any atom is -0.322 e. The van der Waals surface area contributed by atoms with Crippen molar-refractivity contribution in [2.75, 3.05) is 0 Å². The summed E-state index contributed by atoms with van der Waals surface area (Å²) < 4.78 is 0. The predicted octanol–water partition coefficient (Wildman–Crippen LogP) is 0.641. The van der Waals surface area contributed by atoms with Crippen LogP contribution in [0.15, 0.2) is 33.6 Å². The molecule has 0 aliphatic rings. The van der Waals surface area contributed by atoms with Crippen molar-refractivity contribution in [3.05, 3.63) is 13.2 Å². The van der Waals surface area contributed by atoms with E-state index in [1.54, 1.807) is 0 Å². The molecule has 0 saturated carbocycles. The topological polar surface area (TPSA) is 149 Å². The van der Waals surface area contributed by atoms with Gasteiger partial charge in [0.2, 0.25) is 0 Å². The molecule has 0 saturated heterocycles. The van der Waals surface area contributed by atoms with Crippen molar-refractivity contribution in [2.45, 2.75) is 0 Å². The predicted molar refractivity (Wildman–Crippen MR) is 46.9 cm³/mol. The normalized spacial score (nSPS) is 7.67. The maximum absolute atomic E-state index is 6.00. The van der Waals surface area contributed by atoms with Gasteiger partial charge in [-0.1, -0.05) is 0 Å². The fourth-order valence-electron chi connectivity index (χ4n) is 0.0667. The minimum absolute atomic E-state index is 0.944. The van der Waals surface area contributed by atoms with Crippen LogP contribution in [0.25, 0.3) is 0 Å². The molecule has 0 aliphatic heterocycles. The molecule has 0 heterocycles. The first-order chi connectivity index (χ1) is 5.83. The molecule has 8 heteroatoms. The number of rotatable bonds is 2. The zero-order chi connectivity index (χ0) is 10.2. The molecule has 0 aromatic carbocycles. The summed E-state index contributed by atoms with van der Waals surface area (Å²) in [7, 11) is 0. The standard InChI is InChI=1S/C2H4.2CH4N4/c1-2;2*2-4-1-5-3/h1-2H2;2*1-2H,3H2. The highest BCUT2D eigenvalue weighted by molar-refractivity contribution is 5.53. The molecule has 0 aromatic heterocycles. The molecule has 0 amide bonds. The molecule has 6 N–H and O–H groups in total. The second-order valence-corrected chi connectivity index (χ2v) is 0.787. The molecule has 12 heavy (non-hydrogen) atoms. The molecule has 68 valence electrons. The van der Waals surface area contributed by atoms with Crippen molar-refractivity contribution < 1.29 is 0 Å².